The third-order valence-corrected chi connectivity index (χ3v) is 5.20. The van der Waals surface area contributed by atoms with Crippen LogP contribution in [0.5, 0.6) is 0 Å². The van der Waals surface area contributed by atoms with Crippen LogP contribution in [-0.4, -0.2) is 55.1 Å². The Bertz CT molecular complexity index is 639. The van der Waals surface area contributed by atoms with Crippen LogP contribution in [0.25, 0.3) is 0 Å². The van der Waals surface area contributed by atoms with Crippen molar-refractivity contribution in [3.05, 3.63) is 35.4 Å². The molecule has 0 spiro atoms. The molecule has 0 bridgehead atoms. The molecule has 21 heavy (non-hydrogen) atoms. The second kappa shape index (κ2) is 6.23. The summed E-state index contributed by atoms with van der Waals surface area (Å²) >= 11 is 0. The van der Waals surface area contributed by atoms with E-state index in [1.54, 1.807) is 0 Å². The van der Waals surface area contributed by atoms with Crippen molar-refractivity contribution in [2.75, 3.05) is 25.4 Å². The van der Waals surface area contributed by atoms with E-state index in [-0.39, 0.29) is 30.3 Å². The fourth-order valence-electron chi connectivity index (χ4n) is 2.10. The number of nitrogens with one attached hydrogen (secondary N) is 1. The molecule has 0 aromatic heterocycles. The first kappa shape index (κ1) is 15.5. The lowest BCUT2D eigenvalue weighted by atomic mass is 10.1. The second-order valence-electron chi connectivity index (χ2n) is 4.71. The number of rotatable bonds is 5. The quantitative estimate of drug-likeness (QED) is 0.805. The molecule has 0 aliphatic carbocycles. The van der Waals surface area contributed by atoms with Gasteiger partial charge in [-0.1, -0.05) is 0 Å². The number of carbonyl (C=O) groups is 2. The van der Waals surface area contributed by atoms with Gasteiger partial charge in [0.15, 0.2) is 0 Å². The maximum Gasteiger partial charge on any atom is 0.335 e. The summed E-state index contributed by atoms with van der Waals surface area (Å²) in [4.78, 5) is 22.5. The van der Waals surface area contributed by atoms with Gasteiger partial charge in [0.1, 0.15) is 0 Å². The summed E-state index contributed by atoms with van der Waals surface area (Å²) in [7, 11) is -3.15. The zero-order valence-electron chi connectivity index (χ0n) is 11.3. The predicted molar refractivity (Wildman–Crippen MR) is 75.7 cm³/mol. The highest BCUT2D eigenvalue weighted by Crippen LogP contribution is 2.12. The fourth-order valence-corrected chi connectivity index (χ4v) is 3.63. The smallest absolute Gasteiger partial charge is 0.335 e. The summed E-state index contributed by atoms with van der Waals surface area (Å²) in [5.41, 5.74) is 0.444. The molecule has 2 N–H and O–H groups in total. The van der Waals surface area contributed by atoms with Crippen molar-refractivity contribution in [3.63, 3.8) is 0 Å². The monoisotopic (exact) mass is 312 g/mol. The van der Waals surface area contributed by atoms with Gasteiger partial charge in [0, 0.05) is 25.2 Å². The number of aromatic carboxylic acids is 1. The van der Waals surface area contributed by atoms with E-state index in [4.69, 9.17) is 5.11 Å². The topological polar surface area (TPSA) is 104 Å². The van der Waals surface area contributed by atoms with Crippen molar-refractivity contribution in [1.82, 2.24) is 9.62 Å². The molecular weight excluding hydrogens is 296 g/mol. The van der Waals surface area contributed by atoms with E-state index in [9.17, 15) is 18.0 Å². The van der Waals surface area contributed by atoms with Gasteiger partial charge in [0.2, 0.25) is 10.0 Å². The third kappa shape index (κ3) is 3.79. The normalized spacial score (nSPS) is 17.5. The van der Waals surface area contributed by atoms with Gasteiger partial charge < -0.3 is 10.4 Å². The molecule has 114 valence electrons. The minimum absolute atomic E-state index is 0.106. The Labute approximate surface area is 122 Å². The number of amides is 1. The van der Waals surface area contributed by atoms with Crippen molar-refractivity contribution >= 4 is 21.9 Å². The lowest BCUT2D eigenvalue weighted by molar-refractivity contribution is 0.0696. The minimum atomic E-state index is -3.15. The molecule has 0 unspecified atom stereocenters. The number of carboxylic acid groups (broad SMARTS) is 1. The Kier molecular flexibility index (Phi) is 4.59. The van der Waals surface area contributed by atoms with Crippen LogP contribution in [-0.2, 0) is 10.0 Å². The molecule has 1 amide bonds. The number of benzene rings is 1. The van der Waals surface area contributed by atoms with Gasteiger partial charge in [-0.3, -0.25) is 4.79 Å². The average molecular weight is 312 g/mol. The van der Waals surface area contributed by atoms with E-state index < -0.39 is 16.0 Å². The second-order valence-corrected chi connectivity index (χ2v) is 6.80. The lowest BCUT2D eigenvalue weighted by Gasteiger charge is -2.14. The van der Waals surface area contributed by atoms with E-state index >= 15 is 0 Å². The summed E-state index contributed by atoms with van der Waals surface area (Å²) in [5.74, 6) is -1.25. The molecule has 1 aliphatic heterocycles. The van der Waals surface area contributed by atoms with E-state index in [1.165, 1.54) is 28.6 Å². The van der Waals surface area contributed by atoms with Crippen LogP contribution in [0.1, 0.15) is 27.1 Å². The number of hydrogen-bond acceptors (Lipinski definition) is 4. The van der Waals surface area contributed by atoms with E-state index in [0.717, 1.165) is 0 Å². The number of sulfonamides is 1. The van der Waals surface area contributed by atoms with Gasteiger partial charge in [0.25, 0.3) is 5.91 Å². The molecule has 1 aromatic carbocycles. The van der Waals surface area contributed by atoms with Crippen LogP contribution in [0.3, 0.4) is 0 Å². The lowest BCUT2D eigenvalue weighted by Crippen LogP contribution is -2.35. The molecule has 2 rings (SSSR count). The van der Waals surface area contributed by atoms with Crippen LogP contribution in [0.4, 0.5) is 0 Å². The third-order valence-electron chi connectivity index (χ3n) is 3.24. The number of nitrogens with zero attached hydrogens (tertiary/aromatic N) is 1. The molecule has 0 radical (unpaired) electrons. The molecule has 1 heterocycles. The molecule has 1 saturated heterocycles. The number of carboxylic acids is 1. The first-order valence-corrected chi connectivity index (χ1v) is 8.10. The van der Waals surface area contributed by atoms with Crippen molar-refractivity contribution in [2.45, 2.75) is 6.42 Å². The Morgan fingerprint density at radius 2 is 1.81 bits per heavy atom. The van der Waals surface area contributed by atoms with E-state index in [2.05, 4.69) is 5.32 Å². The van der Waals surface area contributed by atoms with Gasteiger partial charge >= 0.3 is 5.97 Å². The average Bonchev–Trinajstić information content (AvgIpc) is 2.78. The molecule has 0 saturated carbocycles. The molecule has 0 atom stereocenters. The SMILES string of the molecule is O=C(O)c1ccc(C(=O)NCCN2CCCS2(=O)=O)cc1. The molecular formula is C13H16N2O5S. The van der Waals surface area contributed by atoms with Gasteiger partial charge in [-0.15, -0.1) is 0 Å². The summed E-state index contributed by atoms with van der Waals surface area (Å²) in [6.45, 7) is 0.964. The van der Waals surface area contributed by atoms with Crippen molar-refractivity contribution in [2.24, 2.45) is 0 Å². The zero-order chi connectivity index (χ0) is 15.5. The van der Waals surface area contributed by atoms with Crippen LogP contribution >= 0.6 is 0 Å². The summed E-state index contributed by atoms with van der Waals surface area (Å²) in [6, 6.07) is 5.54. The van der Waals surface area contributed by atoms with Crippen molar-refractivity contribution in [3.8, 4) is 0 Å². The highest BCUT2D eigenvalue weighted by atomic mass is 32.2. The van der Waals surface area contributed by atoms with E-state index in [1.807, 2.05) is 0 Å². The Hall–Kier alpha value is -1.93. The van der Waals surface area contributed by atoms with Crippen molar-refractivity contribution < 1.29 is 23.1 Å². The molecule has 1 aliphatic rings. The minimum Gasteiger partial charge on any atom is -0.478 e. The standard InChI is InChI=1S/C13H16N2O5S/c16-12(10-2-4-11(5-3-10)13(17)18)14-6-8-15-7-1-9-21(15,19)20/h2-5H,1,6-9H2,(H,14,16)(H,17,18). The molecule has 7 nitrogen and oxygen atoms in total. The van der Waals surface area contributed by atoms with E-state index in [0.29, 0.717) is 18.5 Å². The zero-order valence-corrected chi connectivity index (χ0v) is 12.1. The number of hydrogen-bond donors (Lipinski definition) is 2. The maximum absolute atomic E-state index is 11.8. The summed E-state index contributed by atoms with van der Waals surface area (Å²) in [6.07, 6.45) is 0.618. The predicted octanol–water partition coefficient (Wildman–Crippen LogP) is 0.150. The van der Waals surface area contributed by atoms with Gasteiger partial charge in [-0.05, 0) is 30.7 Å². The summed E-state index contributed by atoms with van der Waals surface area (Å²) in [5, 5.41) is 11.4. The largest absolute Gasteiger partial charge is 0.478 e. The van der Waals surface area contributed by atoms with Crippen LogP contribution in [0.15, 0.2) is 24.3 Å². The fraction of sp³-hybridized carbons (Fsp3) is 0.385. The Balaban J connectivity index is 1.86. The van der Waals surface area contributed by atoms with Gasteiger partial charge in [-0.25, -0.2) is 17.5 Å². The number of carbonyl (C=O) groups excluding carboxylic acids is 1. The Morgan fingerprint density at radius 3 is 2.33 bits per heavy atom. The van der Waals surface area contributed by atoms with Crippen LogP contribution in [0, 0.1) is 0 Å². The highest BCUT2D eigenvalue weighted by molar-refractivity contribution is 7.89. The first-order chi connectivity index (χ1) is 9.90. The Morgan fingerprint density at radius 1 is 1.19 bits per heavy atom. The molecule has 1 fully saturated rings. The van der Waals surface area contributed by atoms with Crippen LogP contribution in [0.2, 0.25) is 0 Å². The molecule has 1 aromatic rings. The highest BCUT2D eigenvalue weighted by Gasteiger charge is 2.27. The maximum atomic E-state index is 11.8. The molecule has 8 heteroatoms. The van der Waals surface area contributed by atoms with Gasteiger partial charge in [-0.2, -0.15) is 0 Å². The summed E-state index contributed by atoms with van der Waals surface area (Å²) < 4.78 is 24.5. The van der Waals surface area contributed by atoms with Gasteiger partial charge in [0.05, 0.1) is 11.3 Å². The van der Waals surface area contributed by atoms with Crippen molar-refractivity contribution in [1.29, 1.82) is 0 Å². The van der Waals surface area contributed by atoms with Crippen LogP contribution < -0.4 is 5.32 Å². The first-order valence-electron chi connectivity index (χ1n) is 6.49.